The zero-order chi connectivity index (χ0) is 13.1. The zero-order valence-electron chi connectivity index (χ0n) is 8.85. The van der Waals surface area contributed by atoms with Crippen molar-refractivity contribution in [3.8, 4) is 5.88 Å². The number of pyridine rings is 1. The number of aliphatic imine (C=N–C) groups is 1. The molecule has 0 fully saturated rings. The monoisotopic (exact) mass is 282 g/mol. The molecule has 0 unspecified atom stereocenters. The first-order valence-corrected chi connectivity index (χ1v) is 5.56. The molecule has 2 aromatic heterocycles. The first-order valence-electron chi connectivity index (χ1n) is 4.77. The van der Waals surface area contributed by atoms with Gasteiger partial charge < -0.3 is 10.1 Å². The zero-order valence-corrected chi connectivity index (χ0v) is 10.4. The lowest BCUT2D eigenvalue weighted by Gasteiger charge is -1.97. The van der Waals surface area contributed by atoms with Crippen molar-refractivity contribution in [1.29, 1.82) is 0 Å². The Morgan fingerprint density at radius 3 is 2.83 bits per heavy atom. The standard InChI is InChI=1S/C10H7ClN4O2S/c11-5-1-2-7(12-3-5)13-4-6-8(16)14-10(18)15-9(6)17/h1-4H,(H3,14,15,16,17,18). The first kappa shape index (κ1) is 12.5. The lowest BCUT2D eigenvalue weighted by atomic mass is 10.3. The molecule has 92 valence electrons. The molecule has 0 atom stereocenters. The van der Waals surface area contributed by atoms with E-state index in [1.807, 2.05) is 0 Å². The van der Waals surface area contributed by atoms with Crippen LogP contribution in [-0.2, 0) is 0 Å². The summed E-state index contributed by atoms with van der Waals surface area (Å²) in [4.78, 5) is 24.1. The Balaban J connectivity index is 2.38. The summed E-state index contributed by atoms with van der Waals surface area (Å²) in [6.07, 6.45) is 2.62. The van der Waals surface area contributed by atoms with Gasteiger partial charge in [0, 0.05) is 12.4 Å². The minimum absolute atomic E-state index is 0.0275. The third-order valence-corrected chi connectivity index (χ3v) is 2.42. The van der Waals surface area contributed by atoms with Crippen LogP contribution >= 0.6 is 23.8 Å². The molecule has 0 aliphatic carbocycles. The van der Waals surface area contributed by atoms with E-state index in [4.69, 9.17) is 23.8 Å². The van der Waals surface area contributed by atoms with Gasteiger partial charge in [-0.05, 0) is 24.4 Å². The van der Waals surface area contributed by atoms with E-state index in [-0.39, 0.29) is 16.2 Å². The Morgan fingerprint density at radius 1 is 1.44 bits per heavy atom. The van der Waals surface area contributed by atoms with E-state index in [0.29, 0.717) is 10.8 Å². The summed E-state index contributed by atoms with van der Waals surface area (Å²) in [5, 5.41) is 10.0. The lowest BCUT2D eigenvalue weighted by Crippen LogP contribution is -2.13. The van der Waals surface area contributed by atoms with E-state index in [9.17, 15) is 9.90 Å². The number of aromatic nitrogens is 3. The van der Waals surface area contributed by atoms with Gasteiger partial charge in [-0.3, -0.25) is 9.78 Å². The van der Waals surface area contributed by atoms with Crippen LogP contribution in [0.4, 0.5) is 5.82 Å². The lowest BCUT2D eigenvalue weighted by molar-refractivity contribution is 0.449. The molecule has 0 bridgehead atoms. The average Bonchev–Trinajstić information content (AvgIpc) is 2.30. The Hall–Kier alpha value is -1.99. The van der Waals surface area contributed by atoms with Crippen LogP contribution in [0.25, 0.3) is 0 Å². The summed E-state index contributed by atoms with van der Waals surface area (Å²) in [5.74, 6) is 0.0158. The van der Waals surface area contributed by atoms with Gasteiger partial charge in [0.2, 0.25) is 5.88 Å². The van der Waals surface area contributed by atoms with Crippen LogP contribution < -0.4 is 5.56 Å². The van der Waals surface area contributed by atoms with E-state index >= 15 is 0 Å². The molecule has 0 spiro atoms. The van der Waals surface area contributed by atoms with Gasteiger partial charge in [-0.2, -0.15) is 0 Å². The molecule has 6 nitrogen and oxygen atoms in total. The fourth-order valence-electron chi connectivity index (χ4n) is 1.18. The predicted molar refractivity (Wildman–Crippen MR) is 70.4 cm³/mol. The number of hydrogen-bond acceptors (Lipinski definition) is 5. The maximum absolute atomic E-state index is 11.5. The van der Waals surface area contributed by atoms with Crippen LogP contribution in [0, 0.1) is 4.77 Å². The number of nitrogens with zero attached hydrogens (tertiary/aromatic N) is 2. The van der Waals surface area contributed by atoms with E-state index in [2.05, 4.69) is 19.9 Å². The molecule has 0 radical (unpaired) electrons. The summed E-state index contributed by atoms with van der Waals surface area (Å²) in [6, 6.07) is 3.19. The fraction of sp³-hybridized carbons (Fsp3) is 0. The van der Waals surface area contributed by atoms with Gasteiger partial charge in [0.25, 0.3) is 5.56 Å². The Kier molecular flexibility index (Phi) is 3.54. The highest BCUT2D eigenvalue weighted by molar-refractivity contribution is 7.71. The van der Waals surface area contributed by atoms with Crippen molar-refractivity contribution >= 4 is 35.9 Å². The van der Waals surface area contributed by atoms with Crippen molar-refractivity contribution in [1.82, 2.24) is 15.0 Å². The Morgan fingerprint density at radius 2 is 2.22 bits per heavy atom. The average molecular weight is 283 g/mol. The molecule has 2 aromatic rings. The highest BCUT2D eigenvalue weighted by Gasteiger charge is 2.04. The van der Waals surface area contributed by atoms with Crippen LogP contribution in [0.3, 0.4) is 0 Å². The first-order chi connectivity index (χ1) is 8.56. The molecule has 0 amide bonds. The van der Waals surface area contributed by atoms with E-state index < -0.39 is 5.56 Å². The highest BCUT2D eigenvalue weighted by Crippen LogP contribution is 2.12. The number of hydrogen-bond donors (Lipinski definition) is 3. The van der Waals surface area contributed by atoms with Crippen molar-refractivity contribution < 1.29 is 5.11 Å². The molecule has 0 aliphatic heterocycles. The molecule has 18 heavy (non-hydrogen) atoms. The van der Waals surface area contributed by atoms with Crippen molar-refractivity contribution in [2.75, 3.05) is 0 Å². The van der Waals surface area contributed by atoms with Gasteiger partial charge >= 0.3 is 0 Å². The number of aromatic amines is 2. The van der Waals surface area contributed by atoms with Crippen LogP contribution in [0.5, 0.6) is 5.88 Å². The van der Waals surface area contributed by atoms with Crippen LogP contribution in [0.2, 0.25) is 5.02 Å². The quantitative estimate of drug-likeness (QED) is 0.579. The van der Waals surface area contributed by atoms with Gasteiger partial charge in [0.05, 0.1) is 5.02 Å². The molecule has 0 saturated carbocycles. The van der Waals surface area contributed by atoms with Gasteiger partial charge in [-0.25, -0.2) is 9.98 Å². The third-order valence-electron chi connectivity index (χ3n) is 2.00. The van der Waals surface area contributed by atoms with Gasteiger partial charge in [0.1, 0.15) is 5.56 Å². The predicted octanol–water partition coefficient (Wildman–Crippen LogP) is 1.94. The molecule has 0 aromatic carbocycles. The largest absolute Gasteiger partial charge is 0.494 e. The summed E-state index contributed by atoms with van der Waals surface area (Å²) in [5.41, 5.74) is -0.561. The number of nitrogens with one attached hydrogen (secondary N) is 2. The molecule has 2 heterocycles. The molecule has 3 N–H and O–H groups in total. The molecule has 0 aliphatic rings. The summed E-state index contributed by atoms with van der Waals surface area (Å²) in [6.45, 7) is 0. The Labute approximate surface area is 111 Å². The molecule has 0 saturated heterocycles. The maximum atomic E-state index is 11.5. The third kappa shape index (κ3) is 2.82. The second-order valence-corrected chi connectivity index (χ2v) is 4.11. The summed E-state index contributed by atoms with van der Waals surface area (Å²) >= 11 is 10.4. The highest BCUT2D eigenvalue weighted by atomic mass is 35.5. The molecule has 2 rings (SSSR count). The number of rotatable bonds is 2. The van der Waals surface area contributed by atoms with Crippen LogP contribution in [0.1, 0.15) is 5.56 Å². The second-order valence-electron chi connectivity index (χ2n) is 3.26. The fourth-order valence-corrected chi connectivity index (χ4v) is 1.48. The van der Waals surface area contributed by atoms with Crippen LogP contribution in [0.15, 0.2) is 28.1 Å². The topological polar surface area (TPSA) is 94.1 Å². The maximum Gasteiger partial charge on any atom is 0.264 e. The summed E-state index contributed by atoms with van der Waals surface area (Å²) in [7, 11) is 0. The minimum atomic E-state index is -0.533. The number of aromatic hydroxyl groups is 1. The number of H-pyrrole nitrogens is 2. The minimum Gasteiger partial charge on any atom is -0.494 e. The van der Waals surface area contributed by atoms with E-state index in [1.54, 1.807) is 12.1 Å². The van der Waals surface area contributed by atoms with E-state index in [0.717, 1.165) is 0 Å². The second kappa shape index (κ2) is 5.11. The van der Waals surface area contributed by atoms with E-state index in [1.165, 1.54) is 12.4 Å². The van der Waals surface area contributed by atoms with Gasteiger partial charge in [-0.15, -0.1) is 0 Å². The Bertz CT molecular complexity index is 705. The van der Waals surface area contributed by atoms with Gasteiger partial charge in [0.15, 0.2) is 10.6 Å². The van der Waals surface area contributed by atoms with Crippen molar-refractivity contribution in [3.05, 3.63) is 44.0 Å². The molecular weight excluding hydrogens is 276 g/mol. The normalized spacial score (nSPS) is 10.9. The molecular formula is C10H7ClN4O2S. The van der Waals surface area contributed by atoms with Crippen molar-refractivity contribution in [3.63, 3.8) is 0 Å². The van der Waals surface area contributed by atoms with Crippen molar-refractivity contribution in [2.24, 2.45) is 4.99 Å². The number of halogens is 1. The van der Waals surface area contributed by atoms with Gasteiger partial charge in [-0.1, -0.05) is 11.6 Å². The van der Waals surface area contributed by atoms with Crippen LogP contribution in [-0.4, -0.2) is 26.3 Å². The smallest absolute Gasteiger partial charge is 0.264 e. The molecule has 8 heteroatoms. The SMILES string of the molecule is O=c1[nH]c(=S)[nH]c(O)c1C=Nc1ccc(Cl)cn1. The summed E-state index contributed by atoms with van der Waals surface area (Å²) < 4.78 is 0.0410. The van der Waals surface area contributed by atoms with Crippen molar-refractivity contribution in [2.45, 2.75) is 0 Å².